The molecular weight excluding hydrogens is 188 g/mol. The minimum atomic E-state index is -0.997. The zero-order valence-corrected chi connectivity index (χ0v) is 7.60. The number of cyclic esters (lactones) is 1. The smallest absolute Gasteiger partial charge is 0.411 e. The van der Waals surface area contributed by atoms with E-state index in [0.29, 0.717) is 6.54 Å². The zero-order valence-electron chi connectivity index (χ0n) is 7.60. The fourth-order valence-corrected chi connectivity index (χ4v) is 1.90. The largest absolute Gasteiger partial charge is 0.480 e. The van der Waals surface area contributed by atoms with E-state index in [4.69, 9.17) is 9.84 Å². The molecule has 0 aromatic rings. The van der Waals surface area contributed by atoms with Crippen LogP contribution in [0.4, 0.5) is 4.79 Å². The fraction of sp³-hybridized carbons (Fsp3) is 0.750. The van der Waals surface area contributed by atoms with E-state index in [9.17, 15) is 9.59 Å². The molecule has 0 saturated carbocycles. The molecule has 2 fully saturated rings. The standard InChI is InChI=1S/C8H12N2O4/c11-7(12)6-4-14-8(13)10(6)5-1-2-9-3-5/h5-6,9H,1-4H2,(H,11,12). The average Bonchev–Trinajstić information content (AvgIpc) is 2.71. The van der Waals surface area contributed by atoms with E-state index in [-0.39, 0.29) is 12.6 Å². The van der Waals surface area contributed by atoms with Crippen molar-refractivity contribution in [3.8, 4) is 0 Å². The first-order valence-electron chi connectivity index (χ1n) is 4.59. The number of rotatable bonds is 2. The first kappa shape index (κ1) is 9.26. The van der Waals surface area contributed by atoms with Gasteiger partial charge in [-0.25, -0.2) is 9.59 Å². The monoisotopic (exact) mass is 200 g/mol. The molecule has 0 radical (unpaired) electrons. The van der Waals surface area contributed by atoms with Crippen LogP contribution in [0.3, 0.4) is 0 Å². The summed E-state index contributed by atoms with van der Waals surface area (Å²) >= 11 is 0. The highest BCUT2D eigenvalue weighted by molar-refractivity contribution is 5.83. The minimum Gasteiger partial charge on any atom is -0.480 e. The molecule has 6 heteroatoms. The van der Waals surface area contributed by atoms with Crippen LogP contribution in [0.15, 0.2) is 0 Å². The maximum absolute atomic E-state index is 11.3. The molecule has 6 nitrogen and oxygen atoms in total. The number of nitrogens with zero attached hydrogens (tertiary/aromatic N) is 1. The van der Waals surface area contributed by atoms with Crippen LogP contribution in [0.5, 0.6) is 0 Å². The van der Waals surface area contributed by atoms with Crippen molar-refractivity contribution >= 4 is 12.1 Å². The summed E-state index contributed by atoms with van der Waals surface area (Å²) in [5.74, 6) is -0.997. The molecule has 0 spiro atoms. The fourth-order valence-electron chi connectivity index (χ4n) is 1.90. The van der Waals surface area contributed by atoms with Gasteiger partial charge in [-0.2, -0.15) is 0 Å². The van der Waals surface area contributed by atoms with Crippen LogP contribution in [0.25, 0.3) is 0 Å². The van der Waals surface area contributed by atoms with Crippen LogP contribution in [0.1, 0.15) is 6.42 Å². The molecule has 2 atom stereocenters. The van der Waals surface area contributed by atoms with Gasteiger partial charge in [0.1, 0.15) is 6.61 Å². The van der Waals surface area contributed by atoms with Crippen LogP contribution in [-0.2, 0) is 9.53 Å². The predicted octanol–water partition coefficient (Wildman–Crippen LogP) is -0.746. The van der Waals surface area contributed by atoms with E-state index in [1.165, 1.54) is 4.90 Å². The second-order valence-electron chi connectivity index (χ2n) is 3.48. The molecular formula is C8H12N2O4. The van der Waals surface area contributed by atoms with Crippen molar-refractivity contribution in [2.45, 2.75) is 18.5 Å². The Morgan fingerprint density at radius 3 is 3.00 bits per heavy atom. The molecule has 14 heavy (non-hydrogen) atoms. The number of aliphatic carboxylic acids is 1. The third-order valence-corrected chi connectivity index (χ3v) is 2.62. The molecule has 2 rings (SSSR count). The van der Waals surface area contributed by atoms with Gasteiger partial charge in [0.15, 0.2) is 6.04 Å². The van der Waals surface area contributed by atoms with E-state index < -0.39 is 18.1 Å². The number of carboxylic acids is 1. The summed E-state index contributed by atoms with van der Waals surface area (Å²) in [6, 6.07) is -0.849. The first-order chi connectivity index (χ1) is 6.70. The van der Waals surface area contributed by atoms with E-state index in [1.807, 2.05) is 0 Å². The highest BCUT2D eigenvalue weighted by atomic mass is 16.6. The molecule has 2 aliphatic heterocycles. The quantitative estimate of drug-likeness (QED) is 0.613. The highest BCUT2D eigenvalue weighted by Gasteiger charge is 2.42. The molecule has 2 N–H and O–H groups in total. The Morgan fingerprint density at radius 2 is 2.43 bits per heavy atom. The number of ether oxygens (including phenoxy) is 1. The van der Waals surface area contributed by atoms with E-state index in [1.54, 1.807) is 0 Å². The maximum atomic E-state index is 11.3. The zero-order chi connectivity index (χ0) is 10.1. The third-order valence-electron chi connectivity index (χ3n) is 2.62. The van der Waals surface area contributed by atoms with E-state index in [0.717, 1.165) is 13.0 Å². The Balaban J connectivity index is 2.12. The Bertz CT molecular complexity index is 262. The number of amides is 1. The van der Waals surface area contributed by atoms with Gasteiger partial charge in [0.05, 0.1) is 0 Å². The normalized spacial score (nSPS) is 32.0. The Kier molecular flexibility index (Phi) is 2.28. The van der Waals surface area contributed by atoms with Gasteiger partial charge in [0.2, 0.25) is 0 Å². The average molecular weight is 200 g/mol. The maximum Gasteiger partial charge on any atom is 0.411 e. The van der Waals surface area contributed by atoms with Gasteiger partial charge in [-0.1, -0.05) is 0 Å². The number of carbonyl (C=O) groups is 2. The van der Waals surface area contributed by atoms with Crippen molar-refractivity contribution in [3.63, 3.8) is 0 Å². The summed E-state index contributed by atoms with van der Waals surface area (Å²) in [5, 5.41) is 12.0. The van der Waals surface area contributed by atoms with Gasteiger partial charge < -0.3 is 15.2 Å². The van der Waals surface area contributed by atoms with Gasteiger partial charge in [0, 0.05) is 12.6 Å². The summed E-state index contributed by atoms with van der Waals surface area (Å²) in [7, 11) is 0. The highest BCUT2D eigenvalue weighted by Crippen LogP contribution is 2.19. The van der Waals surface area contributed by atoms with Gasteiger partial charge in [-0.3, -0.25) is 4.90 Å². The summed E-state index contributed by atoms with van der Waals surface area (Å²) in [6.07, 6.45) is 0.282. The summed E-state index contributed by atoms with van der Waals surface area (Å²) in [5.41, 5.74) is 0. The van der Waals surface area contributed by atoms with Crippen molar-refractivity contribution in [2.24, 2.45) is 0 Å². The van der Waals surface area contributed by atoms with Gasteiger partial charge in [-0.05, 0) is 13.0 Å². The molecule has 2 unspecified atom stereocenters. The van der Waals surface area contributed by atoms with Crippen molar-refractivity contribution in [1.82, 2.24) is 10.2 Å². The second kappa shape index (κ2) is 3.45. The van der Waals surface area contributed by atoms with Gasteiger partial charge in [-0.15, -0.1) is 0 Å². The number of hydrogen-bond acceptors (Lipinski definition) is 4. The lowest BCUT2D eigenvalue weighted by molar-refractivity contribution is -0.141. The van der Waals surface area contributed by atoms with Crippen LogP contribution >= 0.6 is 0 Å². The molecule has 0 aliphatic carbocycles. The Morgan fingerprint density at radius 1 is 1.64 bits per heavy atom. The Labute approximate surface area is 80.8 Å². The lowest BCUT2D eigenvalue weighted by Crippen LogP contribution is -2.46. The minimum absolute atomic E-state index is 0.0360. The molecule has 0 aromatic heterocycles. The molecule has 2 saturated heterocycles. The van der Waals surface area contributed by atoms with Crippen LogP contribution in [0, 0.1) is 0 Å². The van der Waals surface area contributed by atoms with Gasteiger partial charge >= 0.3 is 12.1 Å². The number of carboxylic acid groups (broad SMARTS) is 1. The second-order valence-corrected chi connectivity index (χ2v) is 3.48. The molecule has 1 amide bonds. The van der Waals surface area contributed by atoms with Crippen LogP contribution < -0.4 is 5.32 Å². The third kappa shape index (κ3) is 1.41. The predicted molar refractivity (Wildman–Crippen MR) is 45.9 cm³/mol. The van der Waals surface area contributed by atoms with Crippen LogP contribution in [-0.4, -0.2) is 53.8 Å². The van der Waals surface area contributed by atoms with E-state index >= 15 is 0 Å². The van der Waals surface area contributed by atoms with Crippen LogP contribution in [0.2, 0.25) is 0 Å². The summed E-state index contributed by atoms with van der Waals surface area (Å²) in [6.45, 7) is 1.43. The molecule has 0 aromatic carbocycles. The first-order valence-corrected chi connectivity index (χ1v) is 4.59. The van der Waals surface area contributed by atoms with Crippen molar-refractivity contribution < 1.29 is 19.4 Å². The van der Waals surface area contributed by atoms with Gasteiger partial charge in [0.25, 0.3) is 0 Å². The molecule has 2 heterocycles. The molecule has 2 aliphatic rings. The Hall–Kier alpha value is -1.30. The van der Waals surface area contributed by atoms with Crippen molar-refractivity contribution in [2.75, 3.05) is 19.7 Å². The summed E-state index contributed by atoms with van der Waals surface area (Å²) in [4.78, 5) is 23.4. The van der Waals surface area contributed by atoms with E-state index in [2.05, 4.69) is 5.32 Å². The lowest BCUT2D eigenvalue weighted by atomic mass is 10.2. The number of nitrogens with one attached hydrogen (secondary N) is 1. The molecule has 78 valence electrons. The SMILES string of the molecule is O=C(O)C1COC(=O)N1C1CCNC1. The topological polar surface area (TPSA) is 78.9 Å². The molecule has 0 bridgehead atoms. The van der Waals surface area contributed by atoms with Crippen molar-refractivity contribution in [3.05, 3.63) is 0 Å². The number of hydrogen-bond donors (Lipinski definition) is 2. The van der Waals surface area contributed by atoms with Crippen molar-refractivity contribution in [1.29, 1.82) is 0 Å². The lowest BCUT2D eigenvalue weighted by Gasteiger charge is -2.24. The number of carbonyl (C=O) groups excluding carboxylic acids is 1. The summed E-state index contributed by atoms with van der Waals surface area (Å²) < 4.78 is 4.73.